The summed E-state index contributed by atoms with van der Waals surface area (Å²) in [5, 5.41) is 3.36. The standard InChI is InChI=1S/C12H21F3N4O4S/c1-18(24(2,22)23)9-3-5-19(6-4-9)7-10(20)17-11(21)16-8-12(13,14)15/h9H,3-8H2,1-2H3,(H2,16,17,20,21). The van der Waals surface area contributed by atoms with E-state index >= 15 is 0 Å². The van der Waals surface area contributed by atoms with Crippen molar-refractivity contribution in [2.45, 2.75) is 25.1 Å². The monoisotopic (exact) mass is 374 g/mol. The minimum absolute atomic E-state index is 0.144. The van der Waals surface area contributed by atoms with Gasteiger partial charge in [-0.15, -0.1) is 0 Å². The molecule has 0 spiro atoms. The van der Waals surface area contributed by atoms with Gasteiger partial charge in [-0.3, -0.25) is 15.0 Å². The van der Waals surface area contributed by atoms with E-state index in [0.29, 0.717) is 25.9 Å². The fraction of sp³-hybridized carbons (Fsp3) is 0.833. The Balaban J connectivity index is 2.34. The smallest absolute Gasteiger partial charge is 0.329 e. The largest absolute Gasteiger partial charge is 0.405 e. The average Bonchev–Trinajstić information content (AvgIpc) is 2.43. The van der Waals surface area contributed by atoms with Crippen LogP contribution in [0.3, 0.4) is 0 Å². The second kappa shape index (κ2) is 8.12. The highest BCUT2D eigenvalue weighted by molar-refractivity contribution is 7.88. The minimum atomic E-state index is -4.55. The molecule has 24 heavy (non-hydrogen) atoms. The van der Waals surface area contributed by atoms with Crippen LogP contribution in [0.15, 0.2) is 0 Å². The topological polar surface area (TPSA) is 98.8 Å². The Bertz CT molecular complexity index is 559. The Kier molecular flexibility index (Phi) is 6.98. The van der Waals surface area contributed by atoms with E-state index in [1.807, 2.05) is 5.32 Å². The molecule has 8 nitrogen and oxygen atoms in total. The number of halogens is 3. The van der Waals surface area contributed by atoms with Crippen molar-refractivity contribution in [3.63, 3.8) is 0 Å². The molecular weight excluding hydrogens is 353 g/mol. The lowest BCUT2D eigenvalue weighted by Crippen LogP contribution is -2.50. The summed E-state index contributed by atoms with van der Waals surface area (Å²) < 4.78 is 60.0. The number of amides is 3. The molecule has 1 fully saturated rings. The van der Waals surface area contributed by atoms with Gasteiger partial charge in [0, 0.05) is 26.2 Å². The number of piperidine rings is 1. The van der Waals surface area contributed by atoms with Gasteiger partial charge in [-0.2, -0.15) is 13.2 Å². The molecule has 0 unspecified atom stereocenters. The van der Waals surface area contributed by atoms with E-state index < -0.39 is 34.7 Å². The number of carbonyl (C=O) groups is 2. The van der Waals surface area contributed by atoms with Gasteiger partial charge in [-0.05, 0) is 12.8 Å². The van der Waals surface area contributed by atoms with Crippen LogP contribution >= 0.6 is 0 Å². The predicted molar refractivity (Wildman–Crippen MR) is 79.7 cm³/mol. The molecule has 1 aliphatic heterocycles. The van der Waals surface area contributed by atoms with Crippen molar-refractivity contribution in [3.05, 3.63) is 0 Å². The van der Waals surface area contributed by atoms with Gasteiger partial charge >= 0.3 is 12.2 Å². The summed E-state index contributed by atoms with van der Waals surface area (Å²) in [7, 11) is -1.79. The lowest BCUT2D eigenvalue weighted by molar-refractivity contribution is -0.125. The average molecular weight is 374 g/mol. The number of nitrogens with one attached hydrogen (secondary N) is 2. The number of sulfonamides is 1. The van der Waals surface area contributed by atoms with Gasteiger partial charge in [-0.25, -0.2) is 17.5 Å². The number of rotatable bonds is 5. The number of imide groups is 1. The zero-order valence-corrected chi connectivity index (χ0v) is 14.2. The SMILES string of the molecule is CN(C1CCN(CC(=O)NC(=O)NCC(F)(F)F)CC1)S(C)(=O)=O. The molecule has 12 heteroatoms. The summed E-state index contributed by atoms with van der Waals surface area (Å²) in [5.41, 5.74) is 0. The zero-order chi connectivity index (χ0) is 18.5. The predicted octanol–water partition coefficient (Wildman–Crippen LogP) is -0.270. The third kappa shape index (κ3) is 7.45. The quantitative estimate of drug-likeness (QED) is 0.690. The molecule has 3 amide bonds. The molecule has 0 aliphatic carbocycles. The number of urea groups is 1. The maximum atomic E-state index is 11.9. The van der Waals surface area contributed by atoms with Gasteiger partial charge in [0.2, 0.25) is 15.9 Å². The van der Waals surface area contributed by atoms with E-state index in [4.69, 9.17) is 0 Å². The Morgan fingerprint density at radius 1 is 1.25 bits per heavy atom. The third-order valence-corrected chi connectivity index (χ3v) is 5.01. The van der Waals surface area contributed by atoms with Crippen LogP contribution in [0.5, 0.6) is 0 Å². The fourth-order valence-corrected chi connectivity index (χ4v) is 3.06. The summed E-state index contributed by atoms with van der Waals surface area (Å²) in [4.78, 5) is 24.5. The van der Waals surface area contributed by atoms with Gasteiger partial charge in [0.15, 0.2) is 0 Å². The summed E-state index contributed by atoms with van der Waals surface area (Å²) in [5.74, 6) is -0.718. The van der Waals surface area contributed by atoms with Gasteiger partial charge in [-0.1, -0.05) is 0 Å². The van der Waals surface area contributed by atoms with E-state index in [-0.39, 0.29) is 12.6 Å². The summed E-state index contributed by atoms with van der Waals surface area (Å²) >= 11 is 0. The summed E-state index contributed by atoms with van der Waals surface area (Å²) in [6, 6.07) is -1.36. The highest BCUT2D eigenvalue weighted by atomic mass is 32.2. The first-order valence-electron chi connectivity index (χ1n) is 7.18. The molecule has 0 aromatic heterocycles. The van der Waals surface area contributed by atoms with Crippen molar-refractivity contribution < 1.29 is 31.2 Å². The van der Waals surface area contributed by atoms with Crippen LogP contribution in [-0.4, -0.2) is 81.3 Å². The van der Waals surface area contributed by atoms with E-state index in [0.717, 1.165) is 6.26 Å². The van der Waals surface area contributed by atoms with Crippen molar-refractivity contribution in [2.75, 3.05) is 39.5 Å². The van der Waals surface area contributed by atoms with Gasteiger partial charge in [0.25, 0.3) is 0 Å². The van der Waals surface area contributed by atoms with Crippen LogP contribution in [-0.2, 0) is 14.8 Å². The second-order valence-corrected chi connectivity index (χ2v) is 7.67. The van der Waals surface area contributed by atoms with Crippen molar-refractivity contribution in [3.8, 4) is 0 Å². The fourth-order valence-electron chi connectivity index (χ4n) is 2.31. The molecule has 0 aromatic carbocycles. The van der Waals surface area contributed by atoms with Gasteiger partial charge in [0.1, 0.15) is 6.54 Å². The summed E-state index contributed by atoms with van der Waals surface area (Å²) in [6.45, 7) is -0.770. The summed E-state index contributed by atoms with van der Waals surface area (Å²) in [6.07, 6.45) is -2.38. The third-order valence-electron chi connectivity index (χ3n) is 3.66. The molecule has 0 radical (unpaired) electrons. The van der Waals surface area contributed by atoms with E-state index in [2.05, 4.69) is 0 Å². The number of nitrogens with zero attached hydrogens (tertiary/aromatic N) is 2. The van der Waals surface area contributed by atoms with Crippen molar-refractivity contribution in [2.24, 2.45) is 0 Å². The van der Waals surface area contributed by atoms with Crippen LogP contribution in [0.4, 0.5) is 18.0 Å². The number of hydrogen-bond donors (Lipinski definition) is 2. The lowest BCUT2D eigenvalue weighted by Gasteiger charge is -2.35. The molecule has 1 rings (SSSR count). The number of likely N-dealkylation sites (tertiary alicyclic amines) is 1. The first-order valence-corrected chi connectivity index (χ1v) is 9.03. The van der Waals surface area contributed by atoms with Crippen molar-refractivity contribution >= 4 is 22.0 Å². The normalized spacial score (nSPS) is 17.8. The molecule has 1 aliphatic rings. The van der Waals surface area contributed by atoms with Crippen LogP contribution in [0.1, 0.15) is 12.8 Å². The number of alkyl halides is 3. The maximum Gasteiger partial charge on any atom is 0.405 e. The van der Waals surface area contributed by atoms with Crippen LogP contribution in [0, 0.1) is 0 Å². The molecule has 2 N–H and O–H groups in total. The highest BCUT2D eigenvalue weighted by Gasteiger charge is 2.29. The first kappa shape index (κ1) is 20.6. The van der Waals surface area contributed by atoms with E-state index in [1.165, 1.54) is 11.4 Å². The molecule has 0 atom stereocenters. The van der Waals surface area contributed by atoms with Crippen LogP contribution in [0.2, 0.25) is 0 Å². The molecule has 140 valence electrons. The maximum absolute atomic E-state index is 11.9. The zero-order valence-electron chi connectivity index (χ0n) is 13.4. The van der Waals surface area contributed by atoms with Crippen molar-refractivity contribution in [1.82, 2.24) is 19.8 Å². The molecule has 0 saturated carbocycles. The van der Waals surface area contributed by atoms with Gasteiger partial charge < -0.3 is 5.32 Å². The minimum Gasteiger partial charge on any atom is -0.329 e. The Morgan fingerprint density at radius 3 is 2.25 bits per heavy atom. The molecule has 1 saturated heterocycles. The number of carbonyl (C=O) groups excluding carboxylic acids is 2. The molecule has 1 heterocycles. The Morgan fingerprint density at radius 2 is 1.79 bits per heavy atom. The molecular formula is C12H21F3N4O4S. The molecule has 0 aromatic rings. The first-order chi connectivity index (χ1) is 10.9. The van der Waals surface area contributed by atoms with Crippen molar-refractivity contribution in [1.29, 1.82) is 0 Å². The second-order valence-electron chi connectivity index (χ2n) is 5.63. The highest BCUT2D eigenvalue weighted by Crippen LogP contribution is 2.17. The Labute approximate surface area is 138 Å². The number of hydrogen-bond acceptors (Lipinski definition) is 5. The van der Waals surface area contributed by atoms with Gasteiger partial charge in [0.05, 0.1) is 12.8 Å². The van der Waals surface area contributed by atoms with E-state index in [9.17, 15) is 31.2 Å². The Hall–Kier alpha value is -1.40. The van der Waals surface area contributed by atoms with Crippen LogP contribution < -0.4 is 10.6 Å². The van der Waals surface area contributed by atoms with Crippen LogP contribution in [0.25, 0.3) is 0 Å². The van der Waals surface area contributed by atoms with E-state index in [1.54, 1.807) is 10.2 Å². The molecule has 0 bridgehead atoms. The lowest BCUT2D eigenvalue weighted by atomic mass is 10.1.